The summed E-state index contributed by atoms with van der Waals surface area (Å²) in [5.41, 5.74) is 0. The smallest absolute Gasteiger partial charge is 0.212 e. The van der Waals surface area contributed by atoms with Gasteiger partial charge in [0.2, 0.25) is 10.0 Å². The Balaban J connectivity index is 2.69. The van der Waals surface area contributed by atoms with Crippen LogP contribution in [0, 0.1) is 11.3 Å². The van der Waals surface area contributed by atoms with Crippen molar-refractivity contribution in [3.63, 3.8) is 0 Å². The molecule has 0 aromatic carbocycles. The highest BCUT2D eigenvalue weighted by Gasteiger charge is 2.37. The maximum atomic E-state index is 11.6. The number of hydrogen-bond donors (Lipinski definition) is 0. The molecule has 0 atom stereocenters. The third-order valence-electron chi connectivity index (χ3n) is 2.88. The topological polar surface area (TPSA) is 61.2 Å². The van der Waals surface area contributed by atoms with Crippen LogP contribution in [0.3, 0.4) is 0 Å². The Labute approximate surface area is 95.7 Å². The highest BCUT2D eigenvalue weighted by atomic mass is 32.2. The van der Waals surface area contributed by atoms with Crippen molar-refractivity contribution in [2.24, 2.45) is 0 Å². The normalized spacial score (nSPS) is 22.2. The fourth-order valence-corrected chi connectivity index (χ4v) is 3.46. The molecule has 0 spiro atoms. The molecule has 1 heterocycles. The van der Waals surface area contributed by atoms with E-state index in [1.807, 2.05) is 6.26 Å². The van der Waals surface area contributed by atoms with Crippen LogP contribution in [0.1, 0.15) is 19.8 Å². The molecule has 0 aromatic rings. The van der Waals surface area contributed by atoms with E-state index in [1.165, 1.54) is 16.1 Å². The van der Waals surface area contributed by atoms with Gasteiger partial charge in [-0.3, -0.25) is 0 Å². The van der Waals surface area contributed by atoms with Crippen LogP contribution < -0.4 is 0 Å². The molecular weight excluding hydrogens is 232 g/mol. The Morgan fingerprint density at radius 2 is 2.00 bits per heavy atom. The lowest BCUT2D eigenvalue weighted by Crippen LogP contribution is -2.44. The first-order chi connectivity index (χ1) is 6.99. The van der Waals surface area contributed by atoms with Gasteiger partial charge in [-0.1, -0.05) is 0 Å². The van der Waals surface area contributed by atoms with Gasteiger partial charge in [0.05, 0.1) is 11.8 Å². The summed E-state index contributed by atoms with van der Waals surface area (Å²) in [7, 11) is -3.07. The van der Waals surface area contributed by atoms with Crippen molar-refractivity contribution in [2.45, 2.75) is 24.5 Å². The molecule has 6 heteroatoms. The molecule has 0 radical (unpaired) electrons. The van der Waals surface area contributed by atoms with Crippen molar-refractivity contribution in [3.8, 4) is 6.07 Å². The fraction of sp³-hybridized carbons (Fsp3) is 0.889. The summed E-state index contributed by atoms with van der Waals surface area (Å²) in [5.74, 6) is 0.145. The van der Waals surface area contributed by atoms with E-state index < -0.39 is 10.0 Å². The molecule has 1 fully saturated rings. The van der Waals surface area contributed by atoms with Crippen LogP contribution in [0.5, 0.6) is 0 Å². The molecule has 4 nitrogen and oxygen atoms in total. The van der Waals surface area contributed by atoms with Crippen molar-refractivity contribution >= 4 is 21.8 Å². The first kappa shape index (κ1) is 12.8. The zero-order valence-electron chi connectivity index (χ0n) is 9.06. The van der Waals surface area contributed by atoms with Gasteiger partial charge in [0, 0.05) is 13.1 Å². The summed E-state index contributed by atoms with van der Waals surface area (Å²) in [4.78, 5) is 0. The second kappa shape index (κ2) is 4.73. The Kier molecular flexibility index (Phi) is 4.04. The van der Waals surface area contributed by atoms with Gasteiger partial charge in [0.15, 0.2) is 0 Å². The third kappa shape index (κ3) is 2.65. The summed E-state index contributed by atoms with van der Waals surface area (Å²) in [6, 6.07) is 2.30. The molecule has 0 aromatic heterocycles. The van der Waals surface area contributed by atoms with Crippen LogP contribution in [0.15, 0.2) is 0 Å². The Morgan fingerprint density at radius 1 is 1.47 bits per heavy atom. The molecule has 0 bridgehead atoms. The van der Waals surface area contributed by atoms with Crippen LogP contribution in [0.4, 0.5) is 0 Å². The first-order valence-corrected chi connectivity index (χ1v) is 7.77. The molecule has 15 heavy (non-hydrogen) atoms. The second-order valence-electron chi connectivity index (χ2n) is 3.61. The van der Waals surface area contributed by atoms with Gasteiger partial charge in [-0.05, 0) is 26.0 Å². The highest BCUT2D eigenvalue weighted by Crippen LogP contribution is 2.34. The molecule has 1 rings (SSSR count). The van der Waals surface area contributed by atoms with Crippen LogP contribution in [0.25, 0.3) is 0 Å². The molecule has 0 N–H and O–H groups in total. The standard InChI is InChI=1S/C9H16N2O2S2/c1-3-15(12,13)11-6-4-9(8-10,14-2)5-7-11/h3-7H2,1-2H3. The summed E-state index contributed by atoms with van der Waals surface area (Å²) >= 11 is 1.53. The predicted octanol–water partition coefficient (Wildman–Crippen LogP) is 1.06. The lowest BCUT2D eigenvalue weighted by molar-refractivity contribution is 0.328. The minimum absolute atomic E-state index is 0.145. The largest absolute Gasteiger partial charge is 0.213 e. The third-order valence-corrected chi connectivity index (χ3v) is 6.05. The van der Waals surface area contributed by atoms with Crippen LogP contribution in [-0.2, 0) is 10.0 Å². The first-order valence-electron chi connectivity index (χ1n) is 4.94. The zero-order chi connectivity index (χ0) is 11.5. The van der Waals surface area contributed by atoms with Gasteiger partial charge in [0.25, 0.3) is 0 Å². The van der Waals surface area contributed by atoms with Crippen LogP contribution in [0.2, 0.25) is 0 Å². The number of nitriles is 1. The highest BCUT2D eigenvalue weighted by molar-refractivity contribution is 8.00. The summed E-state index contributed by atoms with van der Waals surface area (Å²) < 4.78 is 24.3. The van der Waals surface area contributed by atoms with Crippen molar-refractivity contribution in [2.75, 3.05) is 25.1 Å². The average Bonchev–Trinajstić information content (AvgIpc) is 2.29. The van der Waals surface area contributed by atoms with Crippen molar-refractivity contribution < 1.29 is 8.42 Å². The van der Waals surface area contributed by atoms with E-state index in [9.17, 15) is 8.42 Å². The van der Waals surface area contributed by atoms with Gasteiger partial charge in [-0.2, -0.15) is 5.26 Å². The van der Waals surface area contributed by atoms with Crippen LogP contribution >= 0.6 is 11.8 Å². The van der Waals surface area contributed by atoms with Gasteiger partial charge >= 0.3 is 0 Å². The minimum Gasteiger partial charge on any atom is -0.212 e. The number of piperidine rings is 1. The van der Waals surface area contributed by atoms with Gasteiger partial charge < -0.3 is 0 Å². The Morgan fingerprint density at radius 3 is 2.33 bits per heavy atom. The van der Waals surface area contributed by atoms with E-state index in [-0.39, 0.29) is 10.5 Å². The molecule has 0 saturated carbocycles. The number of thioether (sulfide) groups is 1. The maximum absolute atomic E-state index is 11.6. The summed E-state index contributed by atoms with van der Waals surface area (Å²) in [6.07, 6.45) is 3.17. The van der Waals surface area contributed by atoms with Gasteiger partial charge in [-0.15, -0.1) is 11.8 Å². The van der Waals surface area contributed by atoms with E-state index in [2.05, 4.69) is 6.07 Å². The van der Waals surface area contributed by atoms with Gasteiger partial charge in [0.1, 0.15) is 4.75 Å². The quantitative estimate of drug-likeness (QED) is 0.749. The monoisotopic (exact) mass is 248 g/mol. The van der Waals surface area contributed by atoms with E-state index in [4.69, 9.17) is 5.26 Å². The summed E-state index contributed by atoms with van der Waals surface area (Å²) in [5, 5.41) is 9.05. The molecule has 1 aliphatic rings. The second-order valence-corrected chi connectivity index (χ2v) is 7.06. The van der Waals surface area contributed by atoms with E-state index >= 15 is 0 Å². The van der Waals surface area contributed by atoms with Crippen LogP contribution in [-0.4, -0.2) is 42.6 Å². The summed E-state index contributed by atoms with van der Waals surface area (Å²) in [6.45, 7) is 2.60. The lowest BCUT2D eigenvalue weighted by atomic mass is 9.99. The number of hydrogen-bond acceptors (Lipinski definition) is 4. The van der Waals surface area contributed by atoms with Crippen molar-refractivity contribution in [1.29, 1.82) is 5.26 Å². The number of rotatable bonds is 3. The Hall–Kier alpha value is -0.250. The van der Waals surface area contributed by atoms with Gasteiger partial charge in [-0.25, -0.2) is 12.7 Å². The van der Waals surface area contributed by atoms with E-state index in [0.717, 1.165) is 0 Å². The maximum Gasteiger partial charge on any atom is 0.213 e. The predicted molar refractivity (Wildman–Crippen MR) is 62.1 cm³/mol. The van der Waals surface area contributed by atoms with Crippen molar-refractivity contribution in [3.05, 3.63) is 0 Å². The number of nitrogens with zero attached hydrogens (tertiary/aromatic N) is 2. The van der Waals surface area contributed by atoms with E-state index in [0.29, 0.717) is 25.9 Å². The molecule has 1 saturated heterocycles. The van der Waals surface area contributed by atoms with Crippen molar-refractivity contribution in [1.82, 2.24) is 4.31 Å². The van der Waals surface area contributed by atoms with E-state index in [1.54, 1.807) is 6.92 Å². The molecule has 0 amide bonds. The SMILES string of the molecule is CCS(=O)(=O)N1CCC(C#N)(SC)CC1. The molecular formula is C9H16N2O2S2. The number of sulfonamides is 1. The zero-order valence-corrected chi connectivity index (χ0v) is 10.7. The molecule has 0 unspecified atom stereocenters. The molecule has 86 valence electrons. The molecule has 1 aliphatic heterocycles. The lowest BCUT2D eigenvalue weighted by Gasteiger charge is -2.35. The average molecular weight is 248 g/mol. The molecule has 0 aliphatic carbocycles. The fourth-order valence-electron chi connectivity index (χ4n) is 1.67. The minimum atomic E-state index is -3.07. The Bertz CT molecular complexity index is 351.